The lowest BCUT2D eigenvalue weighted by atomic mass is 9.85. The number of unbranched alkanes of at least 4 members (excludes halogenated alkanes) is 1. The van der Waals surface area contributed by atoms with Crippen molar-refractivity contribution in [2.45, 2.75) is 52.4 Å². The number of ether oxygens (including phenoxy) is 1. The lowest BCUT2D eigenvalue weighted by Gasteiger charge is -2.21. The van der Waals surface area contributed by atoms with Crippen LogP contribution in [0.1, 0.15) is 52.4 Å². The van der Waals surface area contributed by atoms with E-state index in [1.165, 1.54) is 7.11 Å². The van der Waals surface area contributed by atoms with Crippen LogP contribution < -0.4 is 0 Å². The zero-order valence-corrected chi connectivity index (χ0v) is 12.2. The Hall–Kier alpha value is -1.32. The molecule has 0 aromatic rings. The van der Waals surface area contributed by atoms with Crippen LogP contribution >= 0.6 is 0 Å². The summed E-state index contributed by atoms with van der Waals surface area (Å²) in [5, 5.41) is 9.29. The first kappa shape index (κ1) is 17.7. The Morgan fingerprint density at radius 3 is 2.32 bits per heavy atom. The minimum Gasteiger partial charge on any atom is -0.481 e. The maximum Gasteiger partial charge on any atom is 0.309 e. The van der Waals surface area contributed by atoms with E-state index in [2.05, 4.69) is 19.1 Å². The van der Waals surface area contributed by atoms with Crippen LogP contribution in [0.3, 0.4) is 0 Å². The van der Waals surface area contributed by atoms with Gasteiger partial charge in [-0.05, 0) is 32.1 Å². The van der Waals surface area contributed by atoms with E-state index in [4.69, 9.17) is 4.74 Å². The molecule has 0 aromatic carbocycles. The minimum absolute atomic E-state index is 0.404. The molecule has 0 fully saturated rings. The van der Waals surface area contributed by atoms with Crippen LogP contribution in [-0.2, 0) is 14.3 Å². The Labute approximate surface area is 115 Å². The molecule has 0 radical (unpaired) electrons. The first-order valence-corrected chi connectivity index (χ1v) is 7.04. The van der Waals surface area contributed by atoms with Crippen molar-refractivity contribution >= 4 is 11.9 Å². The van der Waals surface area contributed by atoms with Crippen molar-refractivity contribution in [2.75, 3.05) is 7.11 Å². The summed E-state index contributed by atoms with van der Waals surface area (Å²) in [6.07, 6.45) is 8.62. The summed E-state index contributed by atoms with van der Waals surface area (Å²) in [4.78, 5) is 23.0. The third kappa shape index (κ3) is 6.99. The predicted octanol–water partition coefficient (Wildman–Crippen LogP) is 3.41. The quantitative estimate of drug-likeness (QED) is 0.375. The molecule has 2 unspecified atom stereocenters. The van der Waals surface area contributed by atoms with Gasteiger partial charge in [-0.3, -0.25) is 9.59 Å². The molecular formula is C15H26O4. The number of hydrogen-bond donors (Lipinski definition) is 1. The molecule has 0 aliphatic carbocycles. The van der Waals surface area contributed by atoms with E-state index >= 15 is 0 Å². The Morgan fingerprint density at radius 1 is 1.16 bits per heavy atom. The van der Waals surface area contributed by atoms with Gasteiger partial charge < -0.3 is 9.84 Å². The fourth-order valence-electron chi connectivity index (χ4n) is 2.18. The molecule has 110 valence electrons. The van der Waals surface area contributed by atoms with Gasteiger partial charge in [0.15, 0.2) is 0 Å². The second-order valence-electron chi connectivity index (χ2n) is 4.67. The second-order valence-corrected chi connectivity index (χ2v) is 4.67. The first-order valence-electron chi connectivity index (χ1n) is 7.04. The molecule has 0 saturated heterocycles. The number of rotatable bonds is 10. The highest BCUT2D eigenvalue weighted by atomic mass is 16.5. The summed E-state index contributed by atoms with van der Waals surface area (Å²) < 4.78 is 4.72. The largest absolute Gasteiger partial charge is 0.481 e. The summed E-state index contributed by atoms with van der Waals surface area (Å²) in [5.41, 5.74) is 0. The highest BCUT2D eigenvalue weighted by Gasteiger charge is 2.33. The van der Waals surface area contributed by atoms with Gasteiger partial charge in [-0.25, -0.2) is 0 Å². The van der Waals surface area contributed by atoms with Crippen molar-refractivity contribution in [1.29, 1.82) is 0 Å². The van der Waals surface area contributed by atoms with Gasteiger partial charge in [0.1, 0.15) is 0 Å². The third-order valence-electron chi connectivity index (χ3n) is 3.19. The van der Waals surface area contributed by atoms with E-state index in [0.29, 0.717) is 12.8 Å². The van der Waals surface area contributed by atoms with Crippen LogP contribution in [0.4, 0.5) is 0 Å². The minimum atomic E-state index is -0.900. The van der Waals surface area contributed by atoms with Gasteiger partial charge >= 0.3 is 11.9 Å². The smallest absolute Gasteiger partial charge is 0.309 e. The summed E-state index contributed by atoms with van der Waals surface area (Å²) in [5.74, 6) is -2.47. The second kappa shape index (κ2) is 10.6. The average Bonchev–Trinajstić information content (AvgIpc) is 2.39. The molecule has 0 bridgehead atoms. The molecule has 19 heavy (non-hydrogen) atoms. The molecular weight excluding hydrogens is 244 g/mol. The fourth-order valence-corrected chi connectivity index (χ4v) is 2.18. The van der Waals surface area contributed by atoms with Crippen molar-refractivity contribution in [3.8, 4) is 0 Å². The van der Waals surface area contributed by atoms with Crippen molar-refractivity contribution in [3.63, 3.8) is 0 Å². The molecule has 0 heterocycles. The molecule has 4 heteroatoms. The van der Waals surface area contributed by atoms with Crippen molar-refractivity contribution in [1.82, 2.24) is 0 Å². The summed E-state index contributed by atoms with van der Waals surface area (Å²) >= 11 is 0. The maximum atomic E-state index is 11.7. The SMILES string of the molecule is CCC=CCCCC(C(=O)O)C(CCC)C(=O)OC. The van der Waals surface area contributed by atoms with Crippen molar-refractivity contribution in [2.24, 2.45) is 11.8 Å². The number of allylic oxidation sites excluding steroid dienone is 2. The molecule has 1 N–H and O–H groups in total. The van der Waals surface area contributed by atoms with Gasteiger partial charge in [-0.2, -0.15) is 0 Å². The van der Waals surface area contributed by atoms with Crippen LogP contribution in [0.25, 0.3) is 0 Å². The molecule has 0 spiro atoms. The van der Waals surface area contributed by atoms with Crippen LogP contribution in [0.5, 0.6) is 0 Å². The van der Waals surface area contributed by atoms with Gasteiger partial charge in [0, 0.05) is 0 Å². The van der Waals surface area contributed by atoms with E-state index in [9.17, 15) is 14.7 Å². The lowest BCUT2D eigenvalue weighted by molar-refractivity contribution is -0.156. The number of hydrogen-bond acceptors (Lipinski definition) is 3. The fraction of sp³-hybridized carbons (Fsp3) is 0.733. The topological polar surface area (TPSA) is 63.6 Å². The molecule has 0 aliphatic heterocycles. The Kier molecular flexibility index (Phi) is 9.85. The standard InChI is InChI=1S/C15H26O4/c1-4-6-7-8-9-11-12(14(16)17)13(10-5-2)15(18)19-3/h6-7,12-13H,4-5,8-11H2,1-3H3,(H,16,17). The van der Waals surface area contributed by atoms with E-state index in [0.717, 1.165) is 25.7 Å². The van der Waals surface area contributed by atoms with E-state index in [-0.39, 0.29) is 0 Å². The molecule has 2 atom stereocenters. The van der Waals surface area contributed by atoms with E-state index in [1.807, 2.05) is 6.92 Å². The van der Waals surface area contributed by atoms with Crippen LogP contribution in [0, 0.1) is 11.8 Å². The number of methoxy groups -OCH3 is 1. The monoisotopic (exact) mass is 270 g/mol. The third-order valence-corrected chi connectivity index (χ3v) is 3.19. The van der Waals surface area contributed by atoms with Crippen molar-refractivity contribution in [3.05, 3.63) is 12.2 Å². The van der Waals surface area contributed by atoms with E-state index < -0.39 is 23.8 Å². The van der Waals surface area contributed by atoms with Gasteiger partial charge in [0.05, 0.1) is 18.9 Å². The van der Waals surface area contributed by atoms with Crippen LogP contribution in [0.2, 0.25) is 0 Å². The number of carboxylic acid groups (broad SMARTS) is 1. The Morgan fingerprint density at radius 2 is 1.84 bits per heavy atom. The maximum absolute atomic E-state index is 11.7. The van der Waals surface area contributed by atoms with Crippen molar-refractivity contribution < 1.29 is 19.4 Å². The summed E-state index contributed by atoms with van der Waals surface area (Å²) in [6.45, 7) is 4.00. The number of carbonyl (C=O) groups excluding carboxylic acids is 1. The number of carbonyl (C=O) groups is 2. The zero-order chi connectivity index (χ0) is 14.7. The molecule has 0 rings (SSSR count). The zero-order valence-electron chi connectivity index (χ0n) is 12.2. The molecule has 0 saturated carbocycles. The van der Waals surface area contributed by atoms with Gasteiger partial charge in [0.25, 0.3) is 0 Å². The number of aliphatic carboxylic acids is 1. The average molecular weight is 270 g/mol. The summed E-state index contributed by atoms with van der Waals surface area (Å²) in [7, 11) is 1.31. The predicted molar refractivity (Wildman–Crippen MR) is 74.8 cm³/mol. The van der Waals surface area contributed by atoms with E-state index in [1.54, 1.807) is 0 Å². The van der Waals surface area contributed by atoms with Crippen LogP contribution in [-0.4, -0.2) is 24.2 Å². The van der Waals surface area contributed by atoms with Gasteiger partial charge in [0.2, 0.25) is 0 Å². The molecule has 0 amide bonds. The highest BCUT2D eigenvalue weighted by Crippen LogP contribution is 2.25. The first-order chi connectivity index (χ1) is 9.08. The molecule has 4 nitrogen and oxygen atoms in total. The highest BCUT2D eigenvalue weighted by molar-refractivity contribution is 5.81. The summed E-state index contributed by atoms with van der Waals surface area (Å²) in [6, 6.07) is 0. The Bertz CT molecular complexity index is 297. The lowest BCUT2D eigenvalue weighted by Crippen LogP contribution is -2.30. The molecule has 0 aliphatic rings. The molecule has 0 aromatic heterocycles. The Balaban J connectivity index is 4.53. The van der Waals surface area contributed by atoms with Gasteiger partial charge in [-0.15, -0.1) is 0 Å². The van der Waals surface area contributed by atoms with Gasteiger partial charge in [-0.1, -0.05) is 32.4 Å². The normalized spacial score (nSPS) is 14.3. The van der Waals surface area contributed by atoms with Crippen LogP contribution in [0.15, 0.2) is 12.2 Å². The number of esters is 1. The number of carboxylic acids is 1.